The zero-order valence-electron chi connectivity index (χ0n) is 11.7. The van der Waals surface area contributed by atoms with E-state index >= 15 is 0 Å². The van der Waals surface area contributed by atoms with Crippen LogP contribution in [0.25, 0.3) is 0 Å². The molecule has 1 aliphatic heterocycles. The van der Waals surface area contributed by atoms with Crippen LogP contribution in [-0.4, -0.2) is 24.0 Å². The van der Waals surface area contributed by atoms with Crippen LogP contribution in [0.3, 0.4) is 0 Å². The Morgan fingerprint density at radius 3 is 2.45 bits per heavy atom. The standard InChI is InChI=1S/C15H21F3N2/c1-2-9-20-10-3-4-13(19)14(20)11-5-7-12(8-6-11)15(16,17)18/h5-8,13-14H,2-4,9-10,19H2,1H3. The SMILES string of the molecule is CCCN1CCCC(N)C1c1ccc(C(F)(F)F)cc1. The summed E-state index contributed by atoms with van der Waals surface area (Å²) in [5, 5.41) is 0. The number of alkyl halides is 3. The third-order valence-corrected chi connectivity index (χ3v) is 3.87. The van der Waals surface area contributed by atoms with E-state index in [9.17, 15) is 13.2 Å². The first kappa shape index (κ1) is 15.3. The lowest BCUT2D eigenvalue weighted by Gasteiger charge is -2.40. The monoisotopic (exact) mass is 286 g/mol. The molecule has 2 nitrogen and oxygen atoms in total. The fourth-order valence-electron chi connectivity index (χ4n) is 2.96. The number of benzene rings is 1. The molecule has 0 spiro atoms. The van der Waals surface area contributed by atoms with Gasteiger partial charge < -0.3 is 5.73 Å². The van der Waals surface area contributed by atoms with E-state index in [0.717, 1.165) is 50.0 Å². The Morgan fingerprint density at radius 2 is 1.90 bits per heavy atom. The molecule has 2 atom stereocenters. The maximum absolute atomic E-state index is 12.6. The quantitative estimate of drug-likeness (QED) is 0.920. The van der Waals surface area contributed by atoms with Crippen molar-refractivity contribution >= 4 is 0 Å². The van der Waals surface area contributed by atoms with Gasteiger partial charge in [-0.3, -0.25) is 4.90 Å². The van der Waals surface area contributed by atoms with Crippen LogP contribution in [0.5, 0.6) is 0 Å². The van der Waals surface area contributed by atoms with Crippen molar-refractivity contribution in [3.8, 4) is 0 Å². The Hall–Kier alpha value is -1.07. The summed E-state index contributed by atoms with van der Waals surface area (Å²) >= 11 is 0. The van der Waals surface area contributed by atoms with Crippen molar-refractivity contribution < 1.29 is 13.2 Å². The smallest absolute Gasteiger partial charge is 0.326 e. The van der Waals surface area contributed by atoms with Crippen LogP contribution >= 0.6 is 0 Å². The summed E-state index contributed by atoms with van der Waals surface area (Å²) in [5.74, 6) is 0. The van der Waals surface area contributed by atoms with Crippen molar-refractivity contribution in [1.29, 1.82) is 0 Å². The van der Waals surface area contributed by atoms with Crippen LogP contribution in [0.15, 0.2) is 24.3 Å². The van der Waals surface area contributed by atoms with Crippen LogP contribution in [0, 0.1) is 0 Å². The Balaban J connectivity index is 2.23. The first-order chi connectivity index (χ1) is 9.43. The number of likely N-dealkylation sites (tertiary alicyclic amines) is 1. The van der Waals surface area contributed by atoms with Gasteiger partial charge in [-0.2, -0.15) is 13.2 Å². The number of nitrogens with zero attached hydrogens (tertiary/aromatic N) is 1. The third kappa shape index (κ3) is 3.33. The van der Waals surface area contributed by atoms with Crippen molar-refractivity contribution in [3.05, 3.63) is 35.4 Å². The minimum atomic E-state index is -4.28. The Labute approximate surface area is 117 Å². The van der Waals surface area contributed by atoms with E-state index in [4.69, 9.17) is 5.73 Å². The molecule has 5 heteroatoms. The van der Waals surface area contributed by atoms with Gasteiger partial charge in [-0.1, -0.05) is 19.1 Å². The molecule has 0 saturated carbocycles. The van der Waals surface area contributed by atoms with Crippen LogP contribution in [0.1, 0.15) is 43.4 Å². The summed E-state index contributed by atoms with van der Waals surface area (Å²) in [4.78, 5) is 2.29. The largest absolute Gasteiger partial charge is 0.416 e. The lowest BCUT2D eigenvalue weighted by atomic mass is 9.90. The van der Waals surface area contributed by atoms with Gasteiger partial charge in [0, 0.05) is 12.1 Å². The fraction of sp³-hybridized carbons (Fsp3) is 0.600. The molecule has 20 heavy (non-hydrogen) atoms. The summed E-state index contributed by atoms with van der Waals surface area (Å²) in [6, 6.07) is 5.47. The van der Waals surface area contributed by atoms with Gasteiger partial charge in [0.05, 0.1) is 5.56 Å². The predicted molar refractivity (Wildman–Crippen MR) is 73.3 cm³/mol. The molecule has 0 radical (unpaired) electrons. The lowest BCUT2D eigenvalue weighted by molar-refractivity contribution is -0.137. The van der Waals surface area contributed by atoms with Gasteiger partial charge in [-0.15, -0.1) is 0 Å². The highest BCUT2D eigenvalue weighted by Crippen LogP contribution is 2.33. The number of piperidine rings is 1. The second-order valence-electron chi connectivity index (χ2n) is 5.41. The molecular formula is C15H21F3N2. The van der Waals surface area contributed by atoms with Crippen molar-refractivity contribution in [1.82, 2.24) is 4.90 Å². The van der Waals surface area contributed by atoms with Crippen LogP contribution < -0.4 is 5.73 Å². The molecule has 1 aromatic carbocycles. The molecule has 1 aromatic rings. The molecule has 112 valence electrons. The highest BCUT2D eigenvalue weighted by Gasteiger charge is 2.32. The predicted octanol–water partition coefficient (Wildman–Crippen LogP) is 3.58. The highest BCUT2D eigenvalue weighted by molar-refractivity contribution is 5.28. The summed E-state index contributed by atoms with van der Waals surface area (Å²) in [7, 11) is 0. The van der Waals surface area contributed by atoms with E-state index in [1.807, 2.05) is 0 Å². The van der Waals surface area contributed by atoms with E-state index in [1.54, 1.807) is 12.1 Å². The molecule has 0 aromatic heterocycles. The van der Waals surface area contributed by atoms with E-state index in [0.29, 0.717) is 0 Å². The van der Waals surface area contributed by atoms with E-state index in [2.05, 4.69) is 11.8 Å². The van der Waals surface area contributed by atoms with Crippen molar-refractivity contribution in [2.75, 3.05) is 13.1 Å². The average Bonchev–Trinajstić information content (AvgIpc) is 2.38. The van der Waals surface area contributed by atoms with Gasteiger partial charge in [0.25, 0.3) is 0 Å². The second kappa shape index (κ2) is 6.14. The summed E-state index contributed by atoms with van der Waals surface area (Å²) in [6.45, 7) is 4.00. The molecular weight excluding hydrogens is 265 g/mol. The molecule has 2 unspecified atom stereocenters. The zero-order chi connectivity index (χ0) is 14.8. The number of hydrogen-bond donors (Lipinski definition) is 1. The van der Waals surface area contributed by atoms with Gasteiger partial charge >= 0.3 is 6.18 Å². The number of rotatable bonds is 3. The topological polar surface area (TPSA) is 29.3 Å². The maximum atomic E-state index is 12.6. The molecule has 0 bridgehead atoms. The molecule has 1 heterocycles. The summed E-state index contributed by atoms with van der Waals surface area (Å²) in [5.41, 5.74) is 6.48. The third-order valence-electron chi connectivity index (χ3n) is 3.87. The van der Waals surface area contributed by atoms with Crippen LogP contribution in [-0.2, 0) is 6.18 Å². The van der Waals surface area contributed by atoms with Gasteiger partial charge in [0.2, 0.25) is 0 Å². The highest BCUT2D eigenvalue weighted by atomic mass is 19.4. The van der Waals surface area contributed by atoms with Gasteiger partial charge in [0.1, 0.15) is 0 Å². The molecule has 1 saturated heterocycles. The number of nitrogens with two attached hydrogens (primary N) is 1. The average molecular weight is 286 g/mol. The molecule has 1 fully saturated rings. The lowest BCUT2D eigenvalue weighted by Crippen LogP contribution is -2.46. The number of hydrogen-bond acceptors (Lipinski definition) is 2. The Morgan fingerprint density at radius 1 is 1.25 bits per heavy atom. The minimum Gasteiger partial charge on any atom is -0.326 e. The van der Waals surface area contributed by atoms with E-state index in [-0.39, 0.29) is 12.1 Å². The first-order valence-corrected chi connectivity index (χ1v) is 7.10. The molecule has 2 rings (SSSR count). The zero-order valence-corrected chi connectivity index (χ0v) is 11.7. The molecule has 0 amide bonds. The van der Waals surface area contributed by atoms with Crippen LogP contribution in [0.2, 0.25) is 0 Å². The summed E-state index contributed by atoms with van der Waals surface area (Å²) in [6.07, 6.45) is -1.29. The normalized spacial score (nSPS) is 24.9. The molecule has 2 N–H and O–H groups in total. The molecule has 0 aliphatic carbocycles. The van der Waals surface area contributed by atoms with Gasteiger partial charge in [-0.25, -0.2) is 0 Å². The van der Waals surface area contributed by atoms with Gasteiger partial charge in [-0.05, 0) is 50.0 Å². The maximum Gasteiger partial charge on any atom is 0.416 e. The summed E-state index contributed by atoms with van der Waals surface area (Å²) < 4.78 is 37.8. The molecule has 1 aliphatic rings. The van der Waals surface area contributed by atoms with E-state index in [1.165, 1.54) is 0 Å². The Bertz CT molecular complexity index is 426. The van der Waals surface area contributed by atoms with E-state index < -0.39 is 11.7 Å². The fourth-order valence-corrected chi connectivity index (χ4v) is 2.96. The van der Waals surface area contributed by atoms with Crippen molar-refractivity contribution in [2.24, 2.45) is 5.73 Å². The van der Waals surface area contributed by atoms with Crippen molar-refractivity contribution in [3.63, 3.8) is 0 Å². The first-order valence-electron chi connectivity index (χ1n) is 7.10. The Kier molecular flexibility index (Phi) is 4.70. The second-order valence-corrected chi connectivity index (χ2v) is 5.41. The minimum absolute atomic E-state index is 0.00737. The van der Waals surface area contributed by atoms with Crippen LogP contribution in [0.4, 0.5) is 13.2 Å². The van der Waals surface area contributed by atoms with Crippen molar-refractivity contribution in [2.45, 2.75) is 44.4 Å². The number of halogens is 3. The van der Waals surface area contributed by atoms with Gasteiger partial charge in [0.15, 0.2) is 0 Å².